The molecule has 19 heavy (non-hydrogen) atoms. The highest BCUT2D eigenvalue weighted by Crippen LogP contribution is 2.13. The minimum atomic E-state index is 0.126. The fourth-order valence-corrected chi connectivity index (χ4v) is 2.88. The molecule has 0 aromatic rings. The largest absolute Gasteiger partial charge is 0.358 e. The first-order chi connectivity index (χ1) is 9.19. The second-order valence-corrected chi connectivity index (χ2v) is 5.66. The van der Waals surface area contributed by atoms with Gasteiger partial charge < -0.3 is 10.6 Å². The van der Waals surface area contributed by atoms with Gasteiger partial charge in [0.25, 0.3) is 0 Å². The van der Waals surface area contributed by atoms with Gasteiger partial charge in [-0.3, -0.25) is 9.69 Å². The summed E-state index contributed by atoms with van der Waals surface area (Å²) in [4.78, 5) is 13.6. The summed E-state index contributed by atoms with van der Waals surface area (Å²) >= 11 is 0. The van der Waals surface area contributed by atoms with E-state index in [0.717, 1.165) is 13.1 Å². The lowest BCUT2D eigenvalue weighted by Gasteiger charge is -2.34. The summed E-state index contributed by atoms with van der Waals surface area (Å²) in [5.41, 5.74) is 0. The minimum absolute atomic E-state index is 0.126. The number of piperidine rings is 1. The number of nitrogens with zero attached hydrogens (tertiary/aromatic N) is 1. The van der Waals surface area contributed by atoms with Crippen LogP contribution in [0.15, 0.2) is 0 Å². The Balaban J connectivity index is 2.26. The second kappa shape index (κ2) is 9.32. The molecule has 0 radical (unpaired) electrons. The third kappa shape index (κ3) is 6.39. The normalized spacial score (nSPS) is 17.9. The van der Waals surface area contributed by atoms with Gasteiger partial charge in [0, 0.05) is 32.2 Å². The maximum Gasteiger partial charge on any atom is 0.233 e. The van der Waals surface area contributed by atoms with Crippen molar-refractivity contribution in [3.8, 4) is 0 Å². The van der Waals surface area contributed by atoms with E-state index in [4.69, 9.17) is 0 Å². The van der Waals surface area contributed by atoms with Gasteiger partial charge in [-0.25, -0.2) is 0 Å². The van der Waals surface area contributed by atoms with Gasteiger partial charge in [0.1, 0.15) is 0 Å². The summed E-state index contributed by atoms with van der Waals surface area (Å²) in [7, 11) is 1.71. The molecule has 4 nitrogen and oxygen atoms in total. The van der Waals surface area contributed by atoms with Crippen LogP contribution in [0.3, 0.4) is 0 Å². The van der Waals surface area contributed by atoms with Crippen LogP contribution < -0.4 is 10.6 Å². The predicted molar refractivity (Wildman–Crippen MR) is 80.3 cm³/mol. The highest BCUT2D eigenvalue weighted by atomic mass is 16.1. The minimum Gasteiger partial charge on any atom is -0.358 e. The highest BCUT2D eigenvalue weighted by molar-refractivity contribution is 5.77. The van der Waals surface area contributed by atoms with E-state index in [1.807, 2.05) is 0 Å². The molecule has 0 aliphatic carbocycles. The van der Waals surface area contributed by atoms with Gasteiger partial charge in [0.2, 0.25) is 5.91 Å². The Morgan fingerprint density at radius 1 is 1.21 bits per heavy atom. The standard InChI is InChI=1S/C15H31N3O/c1-4-6-13(7-5-2)17-14-8-10-18(11-9-14)12-15(19)16-3/h13-14,17H,4-12H2,1-3H3,(H,16,19). The Bertz CT molecular complexity index is 244. The zero-order valence-electron chi connectivity index (χ0n) is 12.9. The zero-order valence-corrected chi connectivity index (χ0v) is 12.9. The van der Waals surface area contributed by atoms with Gasteiger partial charge in [-0.15, -0.1) is 0 Å². The Morgan fingerprint density at radius 2 is 1.79 bits per heavy atom. The van der Waals surface area contributed by atoms with Crippen molar-refractivity contribution in [1.82, 2.24) is 15.5 Å². The molecule has 4 heteroatoms. The van der Waals surface area contributed by atoms with E-state index in [-0.39, 0.29) is 5.91 Å². The number of carbonyl (C=O) groups excluding carboxylic acids is 1. The molecule has 0 atom stereocenters. The van der Waals surface area contributed by atoms with Gasteiger partial charge in [-0.2, -0.15) is 0 Å². The van der Waals surface area contributed by atoms with Crippen LogP contribution in [0.5, 0.6) is 0 Å². The van der Waals surface area contributed by atoms with Gasteiger partial charge >= 0.3 is 0 Å². The molecule has 1 saturated heterocycles. The van der Waals surface area contributed by atoms with E-state index < -0.39 is 0 Å². The zero-order chi connectivity index (χ0) is 14.1. The van der Waals surface area contributed by atoms with Crippen molar-refractivity contribution in [1.29, 1.82) is 0 Å². The maximum atomic E-state index is 11.3. The van der Waals surface area contributed by atoms with E-state index >= 15 is 0 Å². The van der Waals surface area contributed by atoms with E-state index in [2.05, 4.69) is 29.4 Å². The molecule has 112 valence electrons. The Hall–Kier alpha value is -0.610. The van der Waals surface area contributed by atoms with Crippen molar-refractivity contribution in [3.05, 3.63) is 0 Å². The lowest BCUT2D eigenvalue weighted by Crippen LogP contribution is -2.48. The fourth-order valence-electron chi connectivity index (χ4n) is 2.88. The van der Waals surface area contributed by atoms with Crippen LogP contribution in [0.1, 0.15) is 52.4 Å². The molecule has 0 spiro atoms. The molecule has 1 heterocycles. The average Bonchev–Trinajstić information content (AvgIpc) is 2.41. The van der Waals surface area contributed by atoms with Gasteiger partial charge in [-0.1, -0.05) is 26.7 Å². The van der Waals surface area contributed by atoms with Crippen molar-refractivity contribution in [2.45, 2.75) is 64.5 Å². The number of rotatable bonds is 8. The number of likely N-dealkylation sites (N-methyl/N-ethyl adjacent to an activating group) is 1. The monoisotopic (exact) mass is 269 g/mol. The molecule has 0 aromatic carbocycles. The van der Waals surface area contributed by atoms with Crippen LogP contribution in [0.4, 0.5) is 0 Å². The Labute approximate surface area is 118 Å². The summed E-state index contributed by atoms with van der Waals surface area (Å²) in [5.74, 6) is 0.126. The molecule has 1 fully saturated rings. The Kier molecular flexibility index (Phi) is 8.07. The highest BCUT2D eigenvalue weighted by Gasteiger charge is 2.22. The molecule has 0 aromatic heterocycles. The molecule has 1 rings (SSSR count). The molecule has 0 bridgehead atoms. The van der Waals surface area contributed by atoms with Crippen LogP contribution in [-0.4, -0.2) is 49.6 Å². The second-order valence-electron chi connectivity index (χ2n) is 5.66. The van der Waals surface area contributed by atoms with Crippen molar-refractivity contribution in [2.24, 2.45) is 0 Å². The molecule has 1 amide bonds. The summed E-state index contributed by atoms with van der Waals surface area (Å²) < 4.78 is 0. The summed E-state index contributed by atoms with van der Waals surface area (Å²) in [6, 6.07) is 1.33. The number of amides is 1. The SMILES string of the molecule is CCCC(CCC)NC1CCN(CC(=O)NC)CC1. The van der Waals surface area contributed by atoms with Gasteiger partial charge in [0.05, 0.1) is 6.54 Å². The summed E-state index contributed by atoms with van der Waals surface area (Å²) in [5, 5.41) is 6.51. The predicted octanol–water partition coefficient (Wildman–Crippen LogP) is 1.76. The van der Waals surface area contributed by atoms with Crippen molar-refractivity contribution in [3.63, 3.8) is 0 Å². The van der Waals surface area contributed by atoms with E-state index in [0.29, 0.717) is 18.6 Å². The molecule has 1 aliphatic heterocycles. The van der Waals surface area contributed by atoms with Crippen LogP contribution in [0.2, 0.25) is 0 Å². The Morgan fingerprint density at radius 3 is 2.26 bits per heavy atom. The third-order valence-electron chi connectivity index (χ3n) is 3.98. The van der Waals surface area contributed by atoms with Crippen LogP contribution >= 0.6 is 0 Å². The van der Waals surface area contributed by atoms with Crippen LogP contribution in [0, 0.1) is 0 Å². The first kappa shape index (κ1) is 16.4. The average molecular weight is 269 g/mol. The van der Waals surface area contributed by atoms with Crippen LogP contribution in [-0.2, 0) is 4.79 Å². The van der Waals surface area contributed by atoms with Crippen molar-refractivity contribution in [2.75, 3.05) is 26.7 Å². The molecule has 0 saturated carbocycles. The summed E-state index contributed by atoms with van der Waals surface area (Å²) in [6.45, 7) is 7.15. The number of hydrogen-bond acceptors (Lipinski definition) is 3. The molecular weight excluding hydrogens is 238 g/mol. The first-order valence-electron chi connectivity index (χ1n) is 7.88. The van der Waals surface area contributed by atoms with Crippen molar-refractivity contribution < 1.29 is 4.79 Å². The van der Waals surface area contributed by atoms with Gasteiger partial charge in [-0.05, 0) is 25.7 Å². The quantitative estimate of drug-likeness (QED) is 0.706. The fraction of sp³-hybridized carbons (Fsp3) is 0.933. The van der Waals surface area contributed by atoms with Crippen LogP contribution in [0.25, 0.3) is 0 Å². The summed E-state index contributed by atoms with van der Waals surface area (Å²) in [6.07, 6.45) is 7.42. The van der Waals surface area contributed by atoms with Gasteiger partial charge in [0.15, 0.2) is 0 Å². The third-order valence-corrected chi connectivity index (χ3v) is 3.98. The number of nitrogens with one attached hydrogen (secondary N) is 2. The topological polar surface area (TPSA) is 44.4 Å². The lowest BCUT2D eigenvalue weighted by atomic mass is 10.0. The van der Waals surface area contributed by atoms with E-state index in [9.17, 15) is 4.79 Å². The van der Waals surface area contributed by atoms with Crippen molar-refractivity contribution >= 4 is 5.91 Å². The maximum absolute atomic E-state index is 11.3. The smallest absolute Gasteiger partial charge is 0.233 e. The molecule has 2 N–H and O–H groups in total. The molecule has 1 aliphatic rings. The molecule has 0 unspecified atom stereocenters. The molecular formula is C15H31N3O. The number of hydrogen-bond donors (Lipinski definition) is 2. The van der Waals surface area contributed by atoms with E-state index in [1.54, 1.807) is 7.05 Å². The van der Waals surface area contributed by atoms with E-state index in [1.165, 1.54) is 38.5 Å². The number of likely N-dealkylation sites (tertiary alicyclic amines) is 1. The lowest BCUT2D eigenvalue weighted by molar-refractivity contribution is -0.122. The first-order valence-corrected chi connectivity index (χ1v) is 7.88. The number of carbonyl (C=O) groups is 1.